The molecule has 1 fully saturated rings. The van der Waals surface area contributed by atoms with E-state index in [-0.39, 0.29) is 17.9 Å². The first-order valence-electron chi connectivity index (χ1n) is 12.8. The number of nitrogens with one attached hydrogen (secondary N) is 3. The first-order valence-corrected chi connectivity index (χ1v) is 12.8. The van der Waals surface area contributed by atoms with Crippen LogP contribution < -0.4 is 20.7 Å². The summed E-state index contributed by atoms with van der Waals surface area (Å²) in [5.41, 5.74) is 5.40. The van der Waals surface area contributed by atoms with E-state index >= 15 is 0 Å². The lowest BCUT2D eigenvalue weighted by atomic mass is 10.0. The Balaban J connectivity index is 1.28. The average molecular weight is 513 g/mol. The molecular weight excluding hydrogens is 480 g/mol. The lowest BCUT2D eigenvalue weighted by Crippen LogP contribution is -2.35. The SMILES string of the molecule is COc1ccc([C@@H](C)NC(=O)c2ccc3c(c2)/C(=C/Nc2cccc(CN4CCOCC4)c2)C(=O)N3)cc1. The van der Waals surface area contributed by atoms with Gasteiger partial charge in [0.15, 0.2) is 0 Å². The molecule has 0 aliphatic carbocycles. The molecule has 0 unspecified atom stereocenters. The van der Waals surface area contributed by atoms with Gasteiger partial charge in [-0.15, -0.1) is 0 Å². The molecule has 38 heavy (non-hydrogen) atoms. The molecule has 1 saturated heterocycles. The second kappa shape index (κ2) is 11.5. The lowest BCUT2D eigenvalue weighted by Gasteiger charge is -2.26. The summed E-state index contributed by atoms with van der Waals surface area (Å²) < 4.78 is 10.6. The molecule has 3 aromatic rings. The third kappa shape index (κ3) is 5.88. The van der Waals surface area contributed by atoms with Crippen LogP contribution >= 0.6 is 0 Å². The van der Waals surface area contributed by atoms with E-state index in [9.17, 15) is 9.59 Å². The zero-order valence-corrected chi connectivity index (χ0v) is 21.6. The summed E-state index contributed by atoms with van der Waals surface area (Å²) in [5.74, 6) is 0.347. The van der Waals surface area contributed by atoms with Crippen LogP contribution in [0.5, 0.6) is 5.75 Å². The minimum Gasteiger partial charge on any atom is -0.497 e. The van der Waals surface area contributed by atoms with E-state index in [1.165, 1.54) is 5.56 Å². The average Bonchev–Trinajstić information content (AvgIpc) is 3.26. The van der Waals surface area contributed by atoms with Crippen LogP contribution in [0.2, 0.25) is 0 Å². The highest BCUT2D eigenvalue weighted by molar-refractivity contribution is 6.32. The molecule has 2 aliphatic rings. The number of amides is 2. The Morgan fingerprint density at radius 1 is 1.11 bits per heavy atom. The number of rotatable bonds is 8. The molecule has 8 nitrogen and oxygen atoms in total. The number of anilines is 2. The van der Waals surface area contributed by atoms with E-state index in [2.05, 4.69) is 33.0 Å². The van der Waals surface area contributed by atoms with Crippen LogP contribution in [-0.4, -0.2) is 50.1 Å². The molecule has 2 amide bonds. The molecule has 8 heteroatoms. The Labute approximate surface area is 222 Å². The summed E-state index contributed by atoms with van der Waals surface area (Å²) in [5, 5.41) is 9.19. The van der Waals surface area contributed by atoms with E-state index < -0.39 is 0 Å². The predicted octanol–water partition coefficient (Wildman–Crippen LogP) is 4.42. The molecule has 0 aromatic heterocycles. The summed E-state index contributed by atoms with van der Waals surface area (Å²) in [6.07, 6.45) is 1.71. The predicted molar refractivity (Wildman–Crippen MR) is 148 cm³/mol. The number of nitrogens with zero attached hydrogens (tertiary/aromatic N) is 1. The molecular formula is C30H32N4O4. The van der Waals surface area contributed by atoms with Gasteiger partial charge in [0.2, 0.25) is 0 Å². The number of morpholine rings is 1. The van der Waals surface area contributed by atoms with Gasteiger partial charge in [-0.2, -0.15) is 0 Å². The molecule has 0 bridgehead atoms. The monoisotopic (exact) mass is 512 g/mol. The molecule has 5 rings (SSSR count). The van der Waals surface area contributed by atoms with Crippen LogP contribution in [-0.2, 0) is 16.1 Å². The van der Waals surface area contributed by atoms with Gasteiger partial charge in [0, 0.05) is 48.3 Å². The topological polar surface area (TPSA) is 91.9 Å². The number of carbonyl (C=O) groups excluding carboxylic acids is 2. The summed E-state index contributed by atoms with van der Waals surface area (Å²) in [4.78, 5) is 28.1. The van der Waals surface area contributed by atoms with Crippen molar-refractivity contribution in [1.82, 2.24) is 10.2 Å². The second-order valence-corrected chi connectivity index (χ2v) is 9.47. The van der Waals surface area contributed by atoms with Gasteiger partial charge in [-0.3, -0.25) is 14.5 Å². The van der Waals surface area contributed by atoms with Crippen LogP contribution in [0.25, 0.3) is 5.57 Å². The highest BCUT2D eigenvalue weighted by Gasteiger charge is 2.25. The van der Waals surface area contributed by atoms with Gasteiger partial charge in [0.25, 0.3) is 11.8 Å². The summed E-state index contributed by atoms with van der Waals surface area (Å²) in [7, 11) is 1.62. The van der Waals surface area contributed by atoms with Gasteiger partial charge in [-0.25, -0.2) is 0 Å². The summed E-state index contributed by atoms with van der Waals surface area (Å²) >= 11 is 0. The second-order valence-electron chi connectivity index (χ2n) is 9.47. The number of ether oxygens (including phenoxy) is 2. The zero-order chi connectivity index (χ0) is 26.5. The largest absolute Gasteiger partial charge is 0.497 e. The van der Waals surface area contributed by atoms with Crippen LogP contribution in [0, 0.1) is 0 Å². The molecule has 2 heterocycles. The van der Waals surface area contributed by atoms with Crippen molar-refractivity contribution < 1.29 is 19.1 Å². The highest BCUT2D eigenvalue weighted by atomic mass is 16.5. The minimum absolute atomic E-state index is 0.192. The number of fused-ring (bicyclic) bond motifs is 1. The molecule has 196 valence electrons. The molecule has 0 spiro atoms. The van der Waals surface area contributed by atoms with E-state index in [0.717, 1.165) is 49.8 Å². The number of carbonyl (C=O) groups is 2. The van der Waals surface area contributed by atoms with Crippen molar-refractivity contribution in [2.24, 2.45) is 0 Å². The highest BCUT2D eigenvalue weighted by Crippen LogP contribution is 2.33. The molecule has 1 atom stereocenters. The Morgan fingerprint density at radius 2 is 1.89 bits per heavy atom. The van der Waals surface area contributed by atoms with Crippen LogP contribution in [0.1, 0.15) is 40.0 Å². The fourth-order valence-corrected chi connectivity index (χ4v) is 4.66. The van der Waals surface area contributed by atoms with E-state index in [4.69, 9.17) is 9.47 Å². The molecule has 0 saturated carbocycles. The Bertz CT molecular complexity index is 1350. The van der Waals surface area contributed by atoms with Gasteiger partial charge in [0.05, 0.1) is 31.9 Å². The van der Waals surface area contributed by atoms with Crippen molar-refractivity contribution in [3.05, 3.63) is 95.2 Å². The molecule has 3 N–H and O–H groups in total. The fraction of sp³-hybridized carbons (Fsp3) is 0.267. The van der Waals surface area contributed by atoms with Crippen molar-refractivity contribution in [2.45, 2.75) is 19.5 Å². The summed E-state index contributed by atoms with van der Waals surface area (Å²) in [6, 6.07) is 20.8. The van der Waals surface area contributed by atoms with Crippen LogP contribution in [0.15, 0.2) is 72.9 Å². The fourth-order valence-electron chi connectivity index (χ4n) is 4.66. The lowest BCUT2D eigenvalue weighted by molar-refractivity contribution is -0.110. The van der Waals surface area contributed by atoms with Crippen LogP contribution in [0.3, 0.4) is 0 Å². The van der Waals surface area contributed by atoms with Gasteiger partial charge < -0.3 is 25.4 Å². The van der Waals surface area contributed by atoms with Crippen molar-refractivity contribution in [3.63, 3.8) is 0 Å². The molecule has 2 aliphatic heterocycles. The van der Waals surface area contributed by atoms with Crippen LogP contribution in [0.4, 0.5) is 11.4 Å². The van der Waals surface area contributed by atoms with E-state index in [0.29, 0.717) is 22.4 Å². The van der Waals surface area contributed by atoms with Gasteiger partial charge in [-0.1, -0.05) is 24.3 Å². The first kappa shape index (κ1) is 25.5. The third-order valence-corrected chi connectivity index (χ3v) is 6.85. The van der Waals surface area contributed by atoms with Crippen molar-refractivity contribution in [3.8, 4) is 5.75 Å². The first-order chi connectivity index (χ1) is 18.5. The number of benzene rings is 3. The standard InChI is InChI=1S/C30H32N4O4/c1-20(22-6-9-25(37-2)10-7-22)32-29(35)23-8-11-28-26(17-23)27(30(36)33-28)18-31-24-5-3-4-21(16-24)19-34-12-14-38-15-13-34/h3-11,16-18,20,31H,12-15,19H2,1-2H3,(H,32,35)(H,33,36)/b27-18-/t20-/m1/s1. The normalized spacial score (nSPS) is 17.0. The van der Waals surface area contributed by atoms with Crippen molar-refractivity contribution >= 4 is 28.8 Å². The van der Waals surface area contributed by atoms with Gasteiger partial charge in [-0.05, 0) is 60.5 Å². The van der Waals surface area contributed by atoms with E-state index in [1.807, 2.05) is 43.3 Å². The Morgan fingerprint density at radius 3 is 2.66 bits per heavy atom. The maximum atomic E-state index is 13.0. The number of hydrogen-bond acceptors (Lipinski definition) is 6. The Hall–Kier alpha value is -4.14. The molecule has 0 radical (unpaired) electrons. The van der Waals surface area contributed by atoms with E-state index in [1.54, 1.807) is 31.5 Å². The van der Waals surface area contributed by atoms with Crippen molar-refractivity contribution in [1.29, 1.82) is 0 Å². The summed E-state index contributed by atoms with van der Waals surface area (Å²) in [6.45, 7) is 6.16. The Kier molecular flexibility index (Phi) is 7.72. The minimum atomic E-state index is -0.210. The number of methoxy groups -OCH3 is 1. The zero-order valence-electron chi connectivity index (χ0n) is 21.6. The molecule has 3 aromatic carbocycles. The van der Waals surface area contributed by atoms with Crippen molar-refractivity contribution in [2.75, 3.05) is 44.0 Å². The smallest absolute Gasteiger partial charge is 0.257 e. The number of hydrogen-bond donors (Lipinski definition) is 3. The maximum Gasteiger partial charge on any atom is 0.257 e. The quantitative estimate of drug-likeness (QED) is 0.387. The van der Waals surface area contributed by atoms with Gasteiger partial charge >= 0.3 is 0 Å². The maximum absolute atomic E-state index is 13.0. The third-order valence-electron chi connectivity index (χ3n) is 6.85. The van der Waals surface area contributed by atoms with Gasteiger partial charge in [0.1, 0.15) is 5.75 Å².